The van der Waals surface area contributed by atoms with Crippen LogP contribution < -0.4 is 0 Å². The van der Waals surface area contributed by atoms with Gasteiger partial charge in [-0.1, -0.05) is 0 Å². The minimum Gasteiger partial charge on any atom is -0.376 e. The van der Waals surface area contributed by atoms with Crippen molar-refractivity contribution in [1.82, 2.24) is 0 Å². The molecule has 0 N–H and O–H groups in total. The molecule has 16 heavy (non-hydrogen) atoms. The fraction of sp³-hybridized carbons (Fsp3) is 0.636. The van der Waals surface area contributed by atoms with E-state index in [9.17, 15) is 0 Å². The molecule has 0 spiro atoms. The Morgan fingerprint density at radius 1 is 1.25 bits per heavy atom. The molecule has 0 unspecified atom stereocenters. The van der Waals surface area contributed by atoms with Crippen molar-refractivity contribution in [2.75, 3.05) is 6.61 Å². The molecule has 0 atom stereocenters. The van der Waals surface area contributed by atoms with E-state index in [1.807, 2.05) is 0 Å². The number of hydrogen-bond donors (Lipinski definition) is 0. The average molecular weight is 323 g/mol. The second-order valence-corrected chi connectivity index (χ2v) is 4.02. The zero-order valence-corrected chi connectivity index (χ0v) is 13.9. The molecule has 0 aromatic carbocycles. The van der Waals surface area contributed by atoms with E-state index in [-0.39, 0.29) is 64.5 Å². The molecule has 1 nitrogen and oxygen atoms in total. The minimum absolute atomic E-state index is 0. The molecule has 0 radical (unpaired) electrons. The van der Waals surface area contributed by atoms with Crippen molar-refractivity contribution in [3.8, 4) is 0 Å². The molecular formula is C11H20Cl3OTi-. The maximum atomic E-state index is 5.60. The number of hydrogen-bond acceptors (Lipinski definition) is 1. The van der Waals surface area contributed by atoms with E-state index < -0.39 is 0 Å². The third-order valence-corrected chi connectivity index (χ3v) is 1.67. The smallest absolute Gasteiger partial charge is 0.0598 e. The maximum Gasteiger partial charge on any atom is 0.0598 e. The van der Waals surface area contributed by atoms with E-state index in [4.69, 9.17) is 4.74 Å². The van der Waals surface area contributed by atoms with Gasteiger partial charge in [-0.05, 0) is 27.2 Å². The van der Waals surface area contributed by atoms with Crippen LogP contribution in [0.5, 0.6) is 0 Å². The standard InChI is InChI=1S/C11H17O.3ClH.Ti/c1-11(2,3)12-9-8-10-6-4-5-7-10;;;;/h4,6H,5,8-9H2,1-3H3;3*1H;/q-1;;;;. The van der Waals surface area contributed by atoms with Crippen molar-refractivity contribution in [3.63, 3.8) is 0 Å². The summed E-state index contributed by atoms with van der Waals surface area (Å²) in [6.45, 7) is 7.04. The summed E-state index contributed by atoms with van der Waals surface area (Å²) in [5.74, 6) is 0. The summed E-state index contributed by atoms with van der Waals surface area (Å²) >= 11 is 0. The van der Waals surface area contributed by atoms with Gasteiger partial charge in [-0.15, -0.1) is 43.6 Å². The molecule has 0 aromatic heterocycles. The minimum atomic E-state index is -0.0110. The summed E-state index contributed by atoms with van der Waals surface area (Å²) in [5.41, 5.74) is 1.28. The van der Waals surface area contributed by atoms with Crippen LogP contribution in [0.2, 0.25) is 0 Å². The first kappa shape index (κ1) is 25.8. The fourth-order valence-corrected chi connectivity index (χ4v) is 1.09. The van der Waals surface area contributed by atoms with E-state index in [0.717, 1.165) is 19.4 Å². The molecule has 0 aliphatic heterocycles. The van der Waals surface area contributed by atoms with Crippen LogP contribution in [-0.2, 0) is 26.5 Å². The number of rotatable bonds is 3. The summed E-state index contributed by atoms with van der Waals surface area (Å²) in [6.07, 6.45) is 9.50. The normalized spacial score (nSPS) is 12.6. The van der Waals surface area contributed by atoms with Crippen LogP contribution in [0.25, 0.3) is 0 Å². The second-order valence-electron chi connectivity index (χ2n) is 4.02. The van der Waals surface area contributed by atoms with Crippen LogP contribution in [0.3, 0.4) is 0 Å². The van der Waals surface area contributed by atoms with Gasteiger partial charge in [0, 0.05) is 28.3 Å². The molecule has 0 saturated carbocycles. The van der Waals surface area contributed by atoms with Crippen molar-refractivity contribution >= 4 is 37.2 Å². The summed E-state index contributed by atoms with van der Waals surface area (Å²) in [4.78, 5) is 0. The molecule has 0 saturated heterocycles. The van der Waals surface area contributed by atoms with Gasteiger partial charge in [0.1, 0.15) is 0 Å². The van der Waals surface area contributed by atoms with E-state index in [1.54, 1.807) is 0 Å². The Bertz CT molecular complexity index is 210. The number of allylic oxidation sites excluding steroid dienone is 3. The van der Waals surface area contributed by atoms with Crippen LogP contribution in [-0.4, -0.2) is 12.2 Å². The Kier molecular flexibility index (Phi) is 20.1. The van der Waals surface area contributed by atoms with E-state index in [0.29, 0.717) is 0 Å². The van der Waals surface area contributed by atoms with Gasteiger partial charge in [0.25, 0.3) is 0 Å². The second kappa shape index (κ2) is 12.5. The molecule has 0 heterocycles. The Morgan fingerprint density at radius 2 is 1.81 bits per heavy atom. The quantitative estimate of drug-likeness (QED) is 0.560. The summed E-state index contributed by atoms with van der Waals surface area (Å²) in [5, 5.41) is 0. The largest absolute Gasteiger partial charge is 0.376 e. The molecule has 1 aliphatic rings. The Labute approximate surface area is 133 Å². The predicted octanol–water partition coefficient (Wildman–Crippen LogP) is 4.14. The number of ether oxygens (including phenoxy) is 1. The third-order valence-electron chi connectivity index (χ3n) is 1.67. The monoisotopic (exact) mass is 321 g/mol. The zero-order chi connectivity index (χ0) is 9.03. The number of halogens is 3. The van der Waals surface area contributed by atoms with Crippen molar-refractivity contribution in [3.05, 3.63) is 23.8 Å². The molecular weight excluding hydrogens is 302 g/mol. The Morgan fingerprint density at radius 3 is 2.19 bits per heavy atom. The van der Waals surface area contributed by atoms with Crippen LogP contribution in [0.4, 0.5) is 0 Å². The van der Waals surface area contributed by atoms with Crippen molar-refractivity contribution in [2.45, 2.75) is 39.2 Å². The third kappa shape index (κ3) is 13.1. The first-order valence-electron chi connectivity index (χ1n) is 4.48. The first-order valence-corrected chi connectivity index (χ1v) is 4.48. The first-order chi connectivity index (χ1) is 5.58. The van der Waals surface area contributed by atoms with Crippen molar-refractivity contribution in [1.29, 1.82) is 0 Å². The summed E-state index contributed by atoms with van der Waals surface area (Å²) in [7, 11) is 0. The average Bonchev–Trinajstić information content (AvgIpc) is 2.36. The van der Waals surface area contributed by atoms with E-state index >= 15 is 0 Å². The van der Waals surface area contributed by atoms with Crippen LogP contribution in [0, 0.1) is 6.08 Å². The van der Waals surface area contributed by atoms with Gasteiger partial charge in [0.15, 0.2) is 0 Å². The van der Waals surface area contributed by atoms with Gasteiger partial charge in [0.2, 0.25) is 0 Å². The van der Waals surface area contributed by atoms with Gasteiger partial charge in [-0.25, -0.2) is 11.6 Å². The fourth-order valence-electron chi connectivity index (χ4n) is 1.09. The molecule has 96 valence electrons. The van der Waals surface area contributed by atoms with Crippen LogP contribution in [0.15, 0.2) is 17.7 Å². The molecule has 1 rings (SSSR count). The predicted molar refractivity (Wildman–Crippen MR) is 72.6 cm³/mol. The van der Waals surface area contributed by atoms with Gasteiger partial charge in [-0.2, -0.15) is 6.08 Å². The van der Waals surface area contributed by atoms with Crippen LogP contribution >= 0.6 is 37.2 Å². The van der Waals surface area contributed by atoms with Crippen molar-refractivity contribution in [2.24, 2.45) is 0 Å². The zero-order valence-electron chi connectivity index (χ0n) is 9.91. The van der Waals surface area contributed by atoms with E-state index in [2.05, 4.69) is 39.0 Å². The molecule has 5 heteroatoms. The SMILES string of the molecule is CC(C)(C)OCCC1=[C-]CC=C1.Cl.Cl.Cl.[Ti]. The molecule has 0 aromatic rings. The van der Waals surface area contributed by atoms with E-state index in [1.165, 1.54) is 5.57 Å². The molecule has 0 bridgehead atoms. The van der Waals surface area contributed by atoms with Crippen LogP contribution in [0.1, 0.15) is 33.6 Å². The van der Waals surface area contributed by atoms with Gasteiger partial charge in [0.05, 0.1) is 5.60 Å². The van der Waals surface area contributed by atoms with Crippen molar-refractivity contribution < 1.29 is 26.5 Å². The topological polar surface area (TPSA) is 9.23 Å². The maximum absolute atomic E-state index is 5.60. The molecule has 0 amide bonds. The molecule has 1 aliphatic carbocycles. The van der Waals surface area contributed by atoms with Gasteiger partial charge >= 0.3 is 0 Å². The molecule has 0 fully saturated rings. The Balaban J connectivity index is -0.000000180. The van der Waals surface area contributed by atoms with Gasteiger partial charge in [-0.3, -0.25) is 6.08 Å². The van der Waals surface area contributed by atoms with Gasteiger partial charge < -0.3 is 4.74 Å². The Hall–Kier alpha value is 1.02. The summed E-state index contributed by atoms with van der Waals surface area (Å²) < 4.78 is 5.60. The summed E-state index contributed by atoms with van der Waals surface area (Å²) in [6, 6.07) is 0.